The van der Waals surface area contributed by atoms with Crippen LogP contribution in [0.15, 0.2) is 91.0 Å². The van der Waals surface area contributed by atoms with Crippen LogP contribution in [0.3, 0.4) is 0 Å². The molecule has 0 unspecified atom stereocenters. The van der Waals surface area contributed by atoms with E-state index in [1.807, 2.05) is 0 Å². The number of rotatable bonds is 4. The summed E-state index contributed by atoms with van der Waals surface area (Å²) in [6.45, 7) is 4.62. The van der Waals surface area contributed by atoms with Crippen LogP contribution in [0.2, 0.25) is 0 Å². The minimum atomic E-state index is -0.121. The monoisotopic (exact) mass is 458 g/mol. The highest BCUT2D eigenvalue weighted by Gasteiger charge is 2.38. The first-order valence-corrected chi connectivity index (χ1v) is 9.74. The van der Waals surface area contributed by atoms with E-state index in [0.29, 0.717) is 5.92 Å². The molecule has 0 heterocycles. The molecule has 0 radical (unpaired) electrons. The second kappa shape index (κ2) is 20.1. The Labute approximate surface area is 198 Å². The van der Waals surface area contributed by atoms with Crippen LogP contribution in [0.4, 0.5) is 0 Å². The minimum absolute atomic E-state index is 0.121. The van der Waals surface area contributed by atoms with E-state index in [0.717, 1.165) is 24.3 Å². The first-order valence-electron chi connectivity index (χ1n) is 9.74. The predicted molar refractivity (Wildman–Crippen MR) is 128 cm³/mol. The molecule has 0 aliphatic carbocycles. The lowest BCUT2D eigenvalue weighted by Gasteiger charge is -2.39. The van der Waals surface area contributed by atoms with Crippen molar-refractivity contribution in [3.63, 3.8) is 0 Å². The molecule has 0 spiro atoms. The van der Waals surface area contributed by atoms with E-state index in [9.17, 15) is 0 Å². The van der Waals surface area contributed by atoms with Crippen molar-refractivity contribution in [3.8, 4) is 0 Å². The van der Waals surface area contributed by atoms with Gasteiger partial charge in [-0.15, -0.1) is 0 Å². The third-order valence-electron chi connectivity index (χ3n) is 4.55. The Balaban J connectivity index is 0. The van der Waals surface area contributed by atoms with Gasteiger partial charge in [0.2, 0.25) is 24.3 Å². The van der Waals surface area contributed by atoms with Crippen LogP contribution < -0.4 is 0 Å². The first kappa shape index (κ1) is 31.4. The summed E-state index contributed by atoms with van der Waals surface area (Å²) in [4.78, 5) is 33.4. The van der Waals surface area contributed by atoms with Crippen LogP contribution in [0.1, 0.15) is 30.5 Å². The maximum atomic E-state index is 8.35. The molecule has 0 saturated heterocycles. The molecule has 0 aliphatic rings. The fourth-order valence-corrected chi connectivity index (χ4v) is 3.60. The molecule has 8 nitrogen and oxygen atoms in total. The highest BCUT2D eigenvalue weighted by Crippen LogP contribution is 2.44. The van der Waals surface area contributed by atoms with Crippen LogP contribution in [0, 0.1) is 27.6 Å². The smallest absolute Gasteiger partial charge is 0.222 e. The summed E-state index contributed by atoms with van der Waals surface area (Å²) in [6.07, 6.45) is 3.00. The zero-order valence-electron chi connectivity index (χ0n) is 18.9. The fourth-order valence-electron chi connectivity index (χ4n) is 3.60. The van der Waals surface area contributed by atoms with Gasteiger partial charge in [0.25, 0.3) is 0 Å². The molecule has 0 atom stereocenters. The minimum Gasteiger partial charge on any atom is -0.222 e. The molecule has 34 heavy (non-hydrogen) atoms. The summed E-state index contributed by atoms with van der Waals surface area (Å²) in [5, 5.41) is 21.6. The van der Waals surface area contributed by atoms with Crippen LogP contribution in [-0.2, 0) is 24.6 Å². The van der Waals surface area contributed by atoms with Crippen LogP contribution in [0.25, 0.3) is 0 Å². The molecule has 3 rings (SSSR count). The summed E-state index contributed by atoms with van der Waals surface area (Å²) in [6, 6.07) is 32.6. The topological polar surface area (TPSA) is 164 Å². The molecular weight excluding hydrogens is 432 g/mol. The first-order chi connectivity index (χ1) is 16.4. The zero-order valence-corrected chi connectivity index (χ0v) is 18.9. The van der Waals surface area contributed by atoms with Gasteiger partial charge in [0.1, 0.15) is 0 Å². The maximum Gasteiger partial charge on any atom is 0.231 e. The van der Waals surface area contributed by atoms with E-state index in [-0.39, 0.29) is 5.41 Å². The Bertz CT molecular complexity index is 917. The Morgan fingerprint density at radius 3 is 0.824 bits per heavy atom. The molecule has 174 valence electrons. The standard InChI is InChI=1S/C22H22.4CHNO/c1-18(2)22(19-12-6-3-7-13-19,20-14-8-4-9-15-20)21-16-10-5-11-17-21;4*2-1-3/h3-18H,1-2H3;4*2H. The van der Waals surface area contributed by atoms with Crippen molar-refractivity contribution in [3.05, 3.63) is 108 Å². The number of hydrogen-bond donors (Lipinski definition) is 4. The molecule has 8 heteroatoms. The lowest BCUT2D eigenvalue weighted by atomic mass is 9.63. The lowest BCUT2D eigenvalue weighted by molar-refractivity contribution is 0.438. The zero-order chi connectivity index (χ0) is 26.2. The highest BCUT2D eigenvalue weighted by atomic mass is 16.1. The predicted octanol–water partition coefficient (Wildman–Crippen LogP) is 5.28. The normalized spacial score (nSPS) is 8.44. The van der Waals surface area contributed by atoms with Gasteiger partial charge in [0.05, 0.1) is 0 Å². The molecule has 4 N–H and O–H groups in total. The van der Waals surface area contributed by atoms with Gasteiger partial charge in [-0.05, 0) is 22.6 Å². The molecule has 0 bridgehead atoms. The molecule has 0 fully saturated rings. The quantitative estimate of drug-likeness (QED) is 0.237. The van der Waals surface area contributed by atoms with Gasteiger partial charge in [-0.2, -0.15) is 0 Å². The van der Waals surface area contributed by atoms with Crippen molar-refractivity contribution in [1.82, 2.24) is 0 Å². The van der Waals surface area contributed by atoms with Crippen LogP contribution >= 0.6 is 0 Å². The van der Waals surface area contributed by atoms with Crippen molar-refractivity contribution in [2.75, 3.05) is 0 Å². The second-order valence-electron chi connectivity index (χ2n) is 6.47. The Hall–Kier alpha value is -4.82. The molecule has 0 aliphatic heterocycles. The van der Waals surface area contributed by atoms with Gasteiger partial charge in [-0.1, -0.05) is 105 Å². The molecule has 0 saturated carbocycles. The van der Waals surface area contributed by atoms with Gasteiger partial charge in [0, 0.05) is 5.41 Å². The van der Waals surface area contributed by atoms with E-state index in [1.54, 1.807) is 0 Å². The molecule has 0 aromatic heterocycles. The largest absolute Gasteiger partial charge is 0.231 e. The van der Waals surface area contributed by atoms with Crippen molar-refractivity contribution in [1.29, 1.82) is 21.6 Å². The summed E-state index contributed by atoms with van der Waals surface area (Å²) >= 11 is 0. The second-order valence-corrected chi connectivity index (χ2v) is 6.47. The van der Waals surface area contributed by atoms with Gasteiger partial charge in [-0.25, -0.2) is 40.8 Å². The third kappa shape index (κ3) is 9.99. The molecule has 0 amide bonds. The summed E-state index contributed by atoms with van der Waals surface area (Å²) in [5.74, 6) is 0.444. The third-order valence-corrected chi connectivity index (χ3v) is 4.55. The number of carbonyl (C=O) groups excluding carboxylic acids is 4. The average Bonchev–Trinajstić information content (AvgIpc) is 2.84. The molecular formula is C26H26N4O4. The summed E-state index contributed by atoms with van der Waals surface area (Å²) in [7, 11) is 0. The Morgan fingerprint density at radius 1 is 0.500 bits per heavy atom. The van der Waals surface area contributed by atoms with E-state index in [4.69, 9.17) is 40.8 Å². The number of hydrogen-bond acceptors (Lipinski definition) is 8. The number of benzene rings is 3. The Morgan fingerprint density at radius 2 is 0.676 bits per heavy atom. The van der Waals surface area contributed by atoms with Gasteiger partial charge in [-0.3, -0.25) is 0 Å². The number of isocyanates is 4. The van der Waals surface area contributed by atoms with Gasteiger partial charge < -0.3 is 0 Å². The average molecular weight is 459 g/mol. The van der Waals surface area contributed by atoms with Crippen molar-refractivity contribution in [2.45, 2.75) is 19.3 Å². The fraction of sp³-hybridized carbons (Fsp3) is 0.154. The lowest BCUT2D eigenvalue weighted by Crippen LogP contribution is -2.35. The summed E-state index contributed by atoms with van der Waals surface area (Å²) in [5.41, 5.74) is 3.93. The maximum absolute atomic E-state index is 8.35. The van der Waals surface area contributed by atoms with Crippen LogP contribution in [-0.4, -0.2) is 24.3 Å². The van der Waals surface area contributed by atoms with E-state index >= 15 is 0 Å². The Kier molecular flexibility index (Phi) is 18.5. The molecule has 3 aromatic carbocycles. The highest BCUT2D eigenvalue weighted by molar-refractivity contribution is 5.50. The van der Waals surface area contributed by atoms with Crippen LogP contribution in [0.5, 0.6) is 0 Å². The molecule has 3 aromatic rings. The van der Waals surface area contributed by atoms with E-state index < -0.39 is 0 Å². The van der Waals surface area contributed by atoms with Crippen molar-refractivity contribution < 1.29 is 19.2 Å². The van der Waals surface area contributed by atoms with E-state index in [2.05, 4.69) is 105 Å². The van der Waals surface area contributed by atoms with Crippen molar-refractivity contribution >= 4 is 24.3 Å². The van der Waals surface area contributed by atoms with Gasteiger partial charge in [0.15, 0.2) is 0 Å². The number of nitrogens with one attached hydrogen (secondary N) is 4. The van der Waals surface area contributed by atoms with Gasteiger partial charge >= 0.3 is 0 Å². The van der Waals surface area contributed by atoms with E-state index in [1.165, 1.54) is 16.7 Å². The van der Waals surface area contributed by atoms with Crippen molar-refractivity contribution in [2.24, 2.45) is 5.92 Å². The summed E-state index contributed by atoms with van der Waals surface area (Å²) < 4.78 is 0. The SMILES string of the molecule is CC(C)C(c1ccccc1)(c1ccccc1)c1ccccc1.N=C=O.N=C=O.N=C=O.N=C=O.